The molecule has 0 amide bonds. The van der Waals surface area contributed by atoms with E-state index in [0.29, 0.717) is 6.54 Å². The zero-order chi connectivity index (χ0) is 13.5. The Hall–Kier alpha value is -1.81. The zero-order valence-electron chi connectivity index (χ0n) is 11.1. The second-order valence-corrected chi connectivity index (χ2v) is 5.64. The number of nitrogen functional groups attached to an aromatic ring is 1. The van der Waals surface area contributed by atoms with Gasteiger partial charge in [0, 0.05) is 24.2 Å². The summed E-state index contributed by atoms with van der Waals surface area (Å²) in [5.41, 5.74) is 6.85. The lowest BCUT2D eigenvalue weighted by Crippen LogP contribution is -2.46. The van der Waals surface area contributed by atoms with Crippen molar-refractivity contribution in [2.75, 3.05) is 23.7 Å². The van der Waals surface area contributed by atoms with E-state index in [1.807, 2.05) is 37.3 Å². The first kappa shape index (κ1) is 12.2. The first-order valence-electron chi connectivity index (χ1n) is 6.67. The first-order valence-corrected chi connectivity index (χ1v) is 6.67. The summed E-state index contributed by atoms with van der Waals surface area (Å²) in [6.45, 7) is 3.48. The van der Waals surface area contributed by atoms with Crippen molar-refractivity contribution in [2.45, 2.75) is 25.4 Å². The van der Waals surface area contributed by atoms with Crippen LogP contribution < -0.4 is 10.6 Å². The second-order valence-electron chi connectivity index (χ2n) is 5.64. The monoisotopic (exact) mass is 257 g/mol. The largest absolute Gasteiger partial charge is 0.399 e. The summed E-state index contributed by atoms with van der Waals surface area (Å²) >= 11 is 0. The number of anilines is 2. The van der Waals surface area contributed by atoms with Gasteiger partial charge in [-0.05, 0) is 50.1 Å². The van der Waals surface area contributed by atoms with Crippen molar-refractivity contribution in [1.29, 1.82) is 0 Å². The number of piperidine rings is 1. The molecule has 4 nitrogen and oxygen atoms in total. The number of aliphatic hydroxyl groups is 1. The van der Waals surface area contributed by atoms with Crippen LogP contribution in [-0.2, 0) is 0 Å². The predicted molar refractivity (Wildman–Crippen MR) is 78.2 cm³/mol. The van der Waals surface area contributed by atoms with Gasteiger partial charge in [-0.1, -0.05) is 0 Å². The molecule has 1 atom stereocenters. The van der Waals surface area contributed by atoms with Gasteiger partial charge in [0.25, 0.3) is 0 Å². The van der Waals surface area contributed by atoms with E-state index in [-0.39, 0.29) is 0 Å². The highest BCUT2D eigenvalue weighted by atomic mass is 16.3. The standard InChI is InChI=1S/C15H19N3O/c1-15(19)7-2-8-18(10-15)14-6-3-11-9-12(16)4-5-13(11)17-14/h3-6,9,19H,2,7-8,10,16H2,1H3. The number of β-amino-alcohol motifs (C(OH)–C–C–N with tert-alkyl or cyclic N) is 1. The molecule has 4 heteroatoms. The Kier molecular flexibility index (Phi) is 2.82. The molecule has 3 N–H and O–H groups in total. The van der Waals surface area contributed by atoms with Crippen LogP contribution in [0.4, 0.5) is 11.5 Å². The molecule has 100 valence electrons. The second kappa shape index (κ2) is 4.38. The van der Waals surface area contributed by atoms with Gasteiger partial charge in [-0.25, -0.2) is 4.98 Å². The minimum absolute atomic E-state index is 0.615. The first-order chi connectivity index (χ1) is 9.03. The van der Waals surface area contributed by atoms with Gasteiger partial charge >= 0.3 is 0 Å². The Morgan fingerprint density at radius 3 is 2.95 bits per heavy atom. The molecule has 2 heterocycles. The Morgan fingerprint density at radius 2 is 2.16 bits per heavy atom. The van der Waals surface area contributed by atoms with Crippen molar-refractivity contribution < 1.29 is 5.11 Å². The van der Waals surface area contributed by atoms with Crippen LogP contribution in [0.5, 0.6) is 0 Å². The van der Waals surface area contributed by atoms with Gasteiger partial charge in [0.15, 0.2) is 0 Å². The van der Waals surface area contributed by atoms with Crippen molar-refractivity contribution in [1.82, 2.24) is 4.98 Å². The third-order valence-electron chi connectivity index (χ3n) is 3.70. The van der Waals surface area contributed by atoms with E-state index < -0.39 is 5.60 Å². The maximum atomic E-state index is 10.2. The molecule has 3 rings (SSSR count). The summed E-state index contributed by atoms with van der Waals surface area (Å²) in [4.78, 5) is 6.82. The maximum Gasteiger partial charge on any atom is 0.129 e. The van der Waals surface area contributed by atoms with E-state index in [9.17, 15) is 5.11 Å². The van der Waals surface area contributed by atoms with Gasteiger partial charge < -0.3 is 15.7 Å². The molecule has 1 aromatic carbocycles. The van der Waals surface area contributed by atoms with Crippen LogP contribution in [0, 0.1) is 0 Å². The van der Waals surface area contributed by atoms with Gasteiger partial charge in [-0.15, -0.1) is 0 Å². The lowest BCUT2D eigenvalue weighted by molar-refractivity contribution is 0.0447. The average molecular weight is 257 g/mol. The summed E-state index contributed by atoms with van der Waals surface area (Å²) in [5.74, 6) is 0.928. The minimum atomic E-state index is -0.615. The van der Waals surface area contributed by atoms with E-state index in [1.165, 1.54) is 0 Å². The van der Waals surface area contributed by atoms with Crippen LogP contribution in [0.25, 0.3) is 10.9 Å². The van der Waals surface area contributed by atoms with Gasteiger partial charge in [-0.2, -0.15) is 0 Å². The predicted octanol–water partition coefficient (Wildman–Crippen LogP) is 2.17. The molecule has 0 aliphatic carbocycles. The molecular weight excluding hydrogens is 238 g/mol. The quantitative estimate of drug-likeness (QED) is 0.769. The molecule has 0 saturated carbocycles. The summed E-state index contributed by atoms with van der Waals surface area (Å²) in [6, 6.07) is 9.78. The SMILES string of the molecule is CC1(O)CCCN(c2ccc3cc(N)ccc3n2)C1. The highest BCUT2D eigenvalue weighted by Gasteiger charge is 2.28. The van der Waals surface area contributed by atoms with E-state index >= 15 is 0 Å². The molecule has 1 saturated heterocycles. The van der Waals surface area contributed by atoms with Crippen LogP contribution in [-0.4, -0.2) is 28.8 Å². The van der Waals surface area contributed by atoms with Crippen molar-refractivity contribution in [3.8, 4) is 0 Å². The smallest absolute Gasteiger partial charge is 0.129 e. The molecule has 19 heavy (non-hydrogen) atoms. The summed E-state index contributed by atoms with van der Waals surface area (Å²) < 4.78 is 0. The topological polar surface area (TPSA) is 62.4 Å². The molecule has 1 fully saturated rings. The molecule has 2 aromatic rings. The summed E-state index contributed by atoms with van der Waals surface area (Å²) in [7, 11) is 0. The fourth-order valence-corrected chi connectivity index (χ4v) is 2.73. The number of benzene rings is 1. The fraction of sp³-hybridized carbons (Fsp3) is 0.400. The third-order valence-corrected chi connectivity index (χ3v) is 3.70. The fourth-order valence-electron chi connectivity index (χ4n) is 2.73. The number of nitrogens with two attached hydrogens (primary N) is 1. The molecule has 0 spiro atoms. The van der Waals surface area contributed by atoms with Gasteiger partial charge in [0.05, 0.1) is 11.1 Å². The van der Waals surface area contributed by atoms with E-state index in [2.05, 4.69) is 9.88 Å². The molecule has 1 aliphatic rings. The van der Waals surface area contributed by atoms with Gasteiger partial charge in [-0.3, -0.25) is 0 Å². The van der Waals surface area contributed by atoms with Crippen LogP contribution in [0.15, 0.2) is 30.3 Å². The molecule has 0 bridgehead atoms. The Balaban J connectivity index is 1.95. The van der Waals surface area contributed by atoms with E-state index in [0.717, 1.165) is 41.8 Å². The molecule has 1 aromatic heterocycles. The van der Waals surface area contributed by atoms with Crippen LogP contribution in [0.3, 0.4) is 0 Å². The van der Waals surface area contributed by atoms with Crippen LogP contribution in [0.1, 0.15) is 19.8 Å². The van der Waals surface area contributed by atoms with E-state index in [4.69, 9.17) is 5.73 Å². The number of rotatable bonds is 1. The molecule has 1 unspecified atom stereocenters. The normalized spacial score (nSPS) is 23.8. The lowest BCUT2D eigenvalue weighted by atomic mass is 9.95. The Morgan fingerprint density at radius 1 is 1.32 bits per heavy atom. The number of nitrogens with zero attached hydrogens (tertiary/aromatic N) is 2. The minimum Gasteiger partial charge on any atom is -0.399 e. The Labute approximate surface area is 112 Å². The van der Waals surface area contributed by atoms with Gasteiger partial charge in [0.1, 0.15) is 5.82 Å². The van der Waals surface area contributed by atoms with E-state index in [1.54, 1.807) is 0 Å². The third kappa shape index (κ3) is 2.49. The van der Waals surface area contributed by atoms with Crippen molar-refractivity contribution >= 4 is 22.4 Å². The average Bonchev–Trinajstić information content (AvgIpc) is 2.37. The zero-order valence-corrected chi connectivity index (χ0v) is 11.1. The summed E-state index contributed by atoms with van der Waals surface area (Å²) in [5, 5.41) is 11.2. The number of fused-ring (bicyclic) bond motifs is 1. The molecule has 1 aliphatic heterocycles. The number of aromatic nitrogens is 1. The van der Waals surface area contributed by atoms with Gasteiger partial charge in [0.2, 0.25) is 0 Å². The molecule has 0 radical (unpaired) electrons. The molecular formula is C15H19N3O. The van der Waals surface area contributed by atoms with Crippen molar-refractivity contribution in [3.63, 3.8) is 0 Å². The van der Waals surface area contributed by atoms with Crippen molar-refractivity contribution in [3.05, 3.63) is 30.3 Å². The highest BCUT2D eigenvalue weighted by Crippen LogP contribution is 2.26. The maximum absolute atomic E-state index is 10.2. The van der Waals surface area contributed by atoms with Crippen LogP contribution in [0.2, 0.25) is 0 Å². The number of pyridine rings is 1. The lowest BCUT2D eigenvalue weighted by Gasteiger charge is -2.37. The van der Waals surface area contributed by atoms with Crippen molar-refractivity contribution in [2.24, 2.45) is 0 Å². The Bertz CT molecular complexity index is 609. The van der Waals surface area contributed by atoms with Crippen LogP contribution >= 0.6 is 0 Å². The number of hydrogen-bond acceptors (Lipinski definition) is 4. The summed E-state index contributed by atoms with van der Waals surface area (Å²) in [6.07, 6.45) is 1.85. The highest BCUT2D eigenvalue weighted by molar-refractivity contribution is 5.83. The number of hydrogen-bond donors (Lipinski definition) is 2.